The van der Waals surface area contributed by atoms with Crippen LogP contribution in [0, 0.1) is 5.92 Å². The highest BCUT2D eigenvalue weighted by Crippen LogP contribution is 2.28. The molecule has 0 bridgehead atoms. The molecule has 116 valence electrons. The Labute approximate surface area is 131 Å². The Bertz CT molecular complexity index is 651. The maximum absolute atomic E-state index is 12.0. The first-order valence-electron chi connectivity index (χ1n) is 8.00. The van der Waals surface area contributed by atoms with E-state index in [1.807, 2.05) is 44.3 Å². The first-order valence-corrected chi connectivity index (χ1v) is 8.00. The van der Waals surface area contributed by atoms with E-state index in [9.17, 15) is 4.79 Å². The summed E-state index contributed by atoms with van der Waals surface area (Å²) in [5, 5.41) is 4.44. The van der Waals surface area contributed by atoms with E-state index in [-0.39, 0.29) is 11.7 Å². The average molecular weight is 297 g/mol. The third-order valence-corrected chi connectivity index (χ3v) is 4.34. The summed E-state index contributed by atoms with van der Waals surface area (Å²) in [6, 6.07) is 8.43. The van der Waals surface area contributed by atoms with E-state index in [1.54, 1.807) is 0 Å². The largest absolute Gasteiger partial charge is 0.367 e. The van der Waals surface area contributed by atoms with Crippen molar-refractivity contribution in [3.63, 3.8) is 0 Å². The van der Waals surface area contributed by atoms with Crippen LogP contribution in [0.4, 0.5) is 5.69 Å². The molecule has 3 rings (SSSR count). The van der Waals surface area contributed by atoms with Crippen LogP contribution in [0.1, 0.15) is 42.7 Å². The molecule has 0 spiro atoms. The number of anilines is 1. The number of carbonyl (C=O) groups is 1. The minimum Gasteiger partial charge on any atom is -0.367 e. The lowest BCUT2D eigenvalue weighted by molar-refractivity contribution is 0.0939. The van der Waals surface area contributed by atoms with Gasteiger partial charge in [-0.05, 0) is 36.2 Å². The molecule has 0 radical (unpaired) electrons. The van der Waals surface area contributed by atoms with E-state index in [2.05, 4.69) is 27.8 Å². The second-order valence-corrected chi connectivity index (χ2v) is 6.31. The first kappa shape index (κ1) is 14.8. The van der Waals surface area contributed by atoms with Gasteiger partial charge in [0.1, 0.15) is 0 Å². The number of aryl methyl sites for hydroxylation is 1. The van der Waals surface area contributed by atoms with Gasteiger partial charge in [-0.15, -0.1) is 0 Å². The van der Waals surface area contributed by atoms with Crippen molar-refractivity contribution in [2.45, 2.75) is 33.2 Å². The molecule has 1 saturated heterocycles. The third-order valence-electron chi connectivity index (χ3n) is 4.34. The standard InChI is InChI=1S/C18H23N3O/c1-4-14-9-19-21(10-14)17-11-20(12-17)16-7-5-15(6-8-16)18(22)13(2)3/h5-10,13,17H,4,11-12H2,1-3H3. The molecule has 22 heavy (non-hydrogen) atoms. The Morgan fingerprint density at radius 2 is 1.95 bits per heavy atom. The predicted molar refractivity (Wildman–Crippen MR) is 88.5 cm³/mol. The van der Waals surface area contributed by atoms with Crippen LogP contribution < -0.4 is 4.90 Å². The van der Waals surface area contributed by atoms with E-state index < -0.39 is 0 Å². The maximum atomic E-state index is 12.0. The summed E-state index contributed by atoms with van der Waals surface area (Å²) in [7, 11) is 0. The van der Waals surface area contributed by atoms with Gasteiger partial charge >= 0.3 is 0 Å². The zero-order valence-corrected chi connectivity index (χ0v) is 13.5. The number of carbonyl (C=O) groups excluding carboxylic acids is 1. The molecule has 0 atom stereocenters. The van der Waals surface area contributed by atoms with Crippen molar-refractivity contribution >= 4 is 11.5 Å². The molecule has 4 heteroatoms. The van der Waals surface area contributed by atoms with Crippen molar-refractivity contribution in [1.82, 2.24) is 9.78 Å². The van der Waals surface area contributed by atoms with Gasteiger partial charge in [0.2, 0.25) is 0 Å². The zero-order chi connectivity index (χ0) is 15.7. The van der Waals surface area contributed by atoms with E-state index in [1.165, 1.54) is 11.3 Å². The third kappa shape index (κ3) is 2.78. The van der Waals surface area contributed by atoms with Crippen molar-refractivity contribution < 1.29 is 4.79 Å². The SMILES string of the molecule is CCc1cnn(C2CN(c3ccc(C(=O)C(C)C)cc3)C2)c1. The lowest BCUT2D eigenvalue weighted by atomic mass is 10.00. The minimum absolute atomic E-state index is 0.0480. The highest BCUT2D eigenvalue weighted by atomic mass is 16.1. The number of rotatable bonds is 5. The van der Waals surface area contributed by atoms with E-state index in [0.717, 1.165) is 25.1 Å². The molecule has 2 aromatic rings. The van der Waals surface area contributed by atoms with Crippen LogP contribution in [0.3, 0.4) is 0 Å². The molecule has 0 saturated carbocycles. The highest BCUT2D eigenvalue weighted by molar-refractivity contribution is 5.97. The number of benzene rings is 1. The van der Waals surface area contributed by atoms with E-state index >= 15 is 0 Å². The summed E-state index contributed by atoms with van der Waals surface area (Å²) < 4.78 is 2.08. The summed E-state index contributed by atoms with van der Waals surface area (Å²) in [6.07, 6.45) is 5.13. The van der Waals surface area contributed by atoms with Gasteiger partial charge in [0.25, 0.3) is 0 Å². The molecule has 0 amide bonds. The summed E-state index contributed by atoms with van der Waals surface area (Å²) in [4.78, 5) is 14.3. The number of aromatic nitrogens is 2. The van der Waals surface area contributed by atoms with Gasteiger partial charge < -0.3 is 4.90 Å². The fourth-order valence-corrected chi connectivity index (χ4v) is 2.76. The summed E-state index contributed by atoms with van der Waals surface area (Å²) in [6.45, 7) is 7.97. The van der Waals surface area contributed by atoms with E-state index in [4.69, 9.17) is 0 Å². The van der Waals surface area contributed by atoms with Crippen molar-refractivity contribution in [3.05, 3.63) is 47.8 Å². The number of nitrogens with zero attached hydrogens (tertiary/aromatic N) is 3. The fraction of sp³-hybridized carbons (Fsp3) is 0.444. The molecule has 0 unspecified atom stereocenters. The van der Waals surface area contributed by atoms with Crippen molar-refractivity contribution in [1.29, 1.82) is 0 Å². The van der Waals surface area contributed by atoms with Crippen LogP contribution in [0.2, 0.25) is 0 Å². The van der Waals surface area contributed by atoms with Gasteiger partial charge in [-0.3, -0.25) is 9.48 Å². The molecule has 1 aromatic carbocycles. The fourth-order valence-electron chi connectivity index (χ4n) is 2.76. The molecule has 1 aliphatic rings. The second kappa shape index (κ2) is 5.95. The average Bonchev–Trinajstić information content (AvgIpc) is 2.94. The van der Waals surface area contributed by atoms with Crippen molar-refractivity contribution in [3.8, 4) is 0 Å². The zero-order valence-electron chi connectivity index (χ0n) is 13.5. The molecule has 0 aliphatic carbocycles. The topological polar surface area (TPSA) is 38.1 Å². The summed E-state index contributed by atoms with van der Waals surface area (Å²) >= 11 is 0. The van der Waals surface area contributed by atoms with Gasteiger partial charge in [0.15, 0.2) is 5.78 Å². The second-order valence-electron chi connectivity index (χ2n) is 6.31. The lowest BCUT2D eigenvalue weighted by Crippen LogP contribution is -2.48. The predicted octanol–water partition coefficient (Wildman–Crippen LogP) is 3.35. The van der Waals surface area contributed by atoms with Crippen LogP contribution >= 0.6 is 0 Å². The quantitative estimate of drug-likeness (QED) is 0.794. The number of hydrogen-bond donors (Lipinski definition) is 0. The number of ketones is 1. The molecule has 1 aliphatic heterocycles. The van der Waals surface area contributed by atoms with E-state index in [0.29, 0.717) is 6.04 Å². The monoisotopic (exact) mass is 297 g/mol. The molecular weight excluding hydrogens is 274 g/mol. The van der Waals surface area contributed by atoms with Crippen molar-refractivity contribution in [2.75, 3.05) is 18.0 Å². The maximum Gasteiger partial charge on any atom is 0.165 e. The van der Waals surface area contributed by atoms with Gasteiger partial charge in [-0.25, -0.2) is 0 Å². The lowest BCUT2D eigenvalue weighted by Gasteiger charge is -2.41. The molecule has 1 aromatic heterocycles. The van der Waals surface area contributed by atoms with Gasteiger partial charge in [-0.2, -0.15) is 5.10 Å². The Morgan fingerprint density at radius 3 is 2.50 bits per heavy atom. The molecule has 0 N–H and O–H groups in total. The Balaban J connectivity index is 1.62. The molecule has 4 nitrogen and oxygen atoms in total. The number of hydrogen-bond acceptors (Lipinski definition) is 3. The van der Waals surface area contributed by atoms with Crippen LogP contribution in [0.15, 0.2) is 36.7 Å². The summed E-state index contributed by atoms with van der Waals surface area (Å²) in [5.41, 5.74) is 3.27. The van der Waals surface area contributed by atoms with Crippen LogP contribution in [-0.4, -0.2) is 28.7 Å². The van der Waals surface area contributed by atoms with Gasteiger partial charge in [0, 0.05) is 36.5 Å². The smallest absolute Gasteiger partial charge is 0.165 e. The van der Waals surface area contributed by atoms with Gasteiger partial charge in [-0.1, -0.05) is 20.8 Å². The van der Waals surface area contributed by atoms with Crippen LogP contribution in [-0.2, 0) is 6.42 Å². The van der Waals surface area contributed by atoms with Crippen LogP contribution in [0.25, 0.3) is 0 Å². The van der Waals surface area contributed by atoms with Crippen molar-refractivity contribution in [2.24, 2.45) is 5.92 Å². The Kier molecular flexibility index (Phi) is 4.01. The Morgan fingerprint density at radius 1 is 1.27 bits per heavy atom. The van der Waals surface area contributed by atoms with Crippen LogP contribution in [0.5, 0.6) is 0 Å². The molecular formula is C18H23N3O. The number of Topliss-reactive ketones (excluding diaryl/α,β-unsaturated/α-hetero) is 1. The normalized spacial score (nSPS) is 15.2. The minimum atomic E-state index is 0.0480. The highest BCUT2D eigenvalue weighted by Gasteiger charge is 2.29. The molecule has 2 heterocycles. The summed E-state index contributed by atoms with van der Waals surface area (Å²) in [5.74, 6) is 0.253. The van der Waals surface area contributed by atoms with Gasteiger partial charge in [0.05, 0.1) is 12.2 Å². The Hall–Kier alpha value is -2.10. The molecule has 1 fully saturated rings. The first-order chi connectivity index (χ1) is 10.6.